The Morgan fingerprint density at radius 3 is 2.52 bits per heavy atom. The maximum Gasteiger partial charge on any atom is 0.341 e. The summed E-state index contributed by atoms with van der Waals surface area (Å²) in [4.78, 5) is 23.0. The lowest BCUT2D eigenvalue weighted by atomic mass is 10.0. The van der Waals surface area contributed by atoms with Crippen LogP contribution in [0.5, 0.6) is 11.5 Å². The zero-order chi connectivity index (χ0) is 18.4. The molecule has 0 saturated heterocycles. The van der Waals surface area contributed by atoms with Gasteiger partial charge in [0.2, 0.25) is 0 Å². The van der Waals surface area contributed by atoms with Crippen LogP contribution in [0.3, 0.4) is 0 Å². The number of aliphatic carboxylic acids is 1. The number of hydrogen-bond donors (Lipinski definition) is 1. The van der Waals surface area contributed by atoms with Crippen molar-refractivity contribution >= 4 is 17.8 Å². The number of carbonyl (C=O) groups is 2. The van der Waals surface area contributed by atoms with Crippen LogP contribution in [0.1, 0.15) is 27.0 Å². The number of carboxylic acid groups (broad SMARTS) is 1. The van der Waals surface area contributed by atoms with Crippen molar-refractivity contribution in [1.29, 1.82) is 0 Å². The van der Waals surface area contributed by atoms with Gasteiger partial charge in [-0.3, -0.25) is 4.79 Å². The molecule has 0 atom stereocenters. The topological polar surface area (TPSA) is 72.8 Å². The molecule has 0 aliphatic heterocycles. The summed E-state index contributed by atoms with van der Waals surface area (Å²) in [5.41, 5.74) is 3.63. The molecule has 0 unspecified atom stereocenters. The van der Waals surface area contributed by atoms with E-state index in [2.05, 4.69) is 0 Å². The van der Waals surface area contributed by atoms with Crippen LogP contribution < -0.4 is 9.47 Å². The average molecular weight is 340 g/mol. The minimum Gasteiger partial charge on any atom is -0.493 e. The van der Waals surface area contributed by atoms with Crippen LogP contribution in [0.2, 0.25) is 0 Å². The lowest BCUT2D eigenvalue weighted by Crippen LogP contribution is -2.10. The van der Waals surface area contributed by atoms with Gasteiger partial charge in [-0.05, 0) is 49.2 Å². The first kappa shape index (κ1) is 18.3. The van der Waals surface area contributed by atoms with E-state index < -0.39 is 12.6 Å². The van der Waals surface area contributed by atoms with E-state index in [9.17, 15) is 9.59 Å². The van der Waals surface area contributed by atoms with Gasteiger partial charge in [0.15, 0.2) is 23.9 Å². The van der Waals surface area contributed by atoms with Crippen LogP contribution in [0, 0.1) is 13.8 Å². The molecular weight excluding hydrogens is 320 g/mol. The molecule has 0 aromatic heterocycles. The van der Waals surface area contributed by atoms with E-state index in [4.69, 9.17) is 14.6 Å². The van der Waals surface area contributed by atoms with Crippen LogP contribution >= 0.6 is 0 Å². The Bertz CT molecular complexity index is 821. The minimum atomic E-state index is -1.08. The molecule has 5 heteroatoms. The lowest BCUT2D eigenvalue weighted by molar-refractivity contribution is -0.139. The first-order chi connectivity index (χ1) is 11.9. The Morgan fingerprint density at radius 2 is 1.84 bits per heavy atom. The van der Waals surface area contributed by atoms with Gasteiger partial charge in [0.05, 0.1) is 7.11 Å². The van der Waals surface area contributed by atoms with Crippen LogP contribution in [0.15, 0.2) is 42.5 Å². The first-order valence-electron chi connectivity index (χ1n) is 7.73. The van der Waals surface area contributed by atoms with E-state index >= 15 is 0 Å². The smallest absolute Gasteiger partial charge is 0.341 e. The van der Waals surface area contributed by atoms with Crippen molar-refractivity contribution in [2.45, 2.75) is 13.8 Å². The second-order valence-corrected chi connectivity index (χ2v) is 5.61. The molecule has 5 nitrogen and oxygen atoms in total. The summed E-state index contributed by atoms with van der Waals surface area (Å²) in [5, 5.41) is 8.67. The molecule has 2 rings (SSSR count). The van der Waals surface area contributed by atoms with Crippen LogP contribution in [-0.2, 0) is 4.79 Å². The summed E-state index contributed by atoms with van der Waals surface area (Å²) in [7, 11) is 1.43. The molecule has 0 heterocycles. The first-order valence-corrected chi connectivity index (χ1v) is 7.73. The standard InChI is InChI=1S/C20H20O5/c1-13-4-5-14(2)15(10-13)6-8-17(21)16-7-9-18(19(11-16)24-3)25-12-20(22)23/h4-11H,12H2,1-3H3,(H,22,23). The number of methoxy groups -OCH3 is 1. The molecule has 1 N–H and O–H groups in total. The van der Waals surface area contributed by atoms with Crippen molar-refractivity contribution in [3.05, 3.63) is 64.7 Å². The summed E-state index contributed by atoms with van der Waals surface area (Å²) < 4.78 is 10.3. The summed E-state index contributed by atoms with van der Waals surface area (Å²) in [6.07, 6.45) is 3.29. The van der Waals surface area contributed by atoms with Gasteiger partial charge < -0.3 is 14.6 Å². The Kier molecular flexibility index (Phi) is 5.95. The summed E-state index contributed by atoms with van der Waals surface area (Å²) in [6, 6.07) is 10.7. The highest BCUT2D eigenvalue weighted by Crippen LogP contribution is 2.28. The average Bonchev–Trinajstić information content (AvgIpc) is 2.60. The fraction of sp³-hybridized carbons (Fsp3) is 0.200. The predicted octanol–water partition coefficient (Wildman–Crippen LogP) is 3.67. The number of aryl methyl sites for hydroxylation is 2. The Hall–Kier alpha value is -3.08. The maximum absolute atomic E-state index is 12.4. The SMILES string of the molecule is COc1cc(C(=O)C=Cc2cc(C)ccc2C)ccc1OCC(=O)O. The van der Waals surface area contributed by atoms with Gasteiger partial charge in [-0.2, -0.15) is 0 Å². The van der Waals surface area contributed by atoms with Crippen LogP contribution in [0.4, 0.5) is 0 Å². The number of carbonyl (C=O) groups excluding carboxylic acids is 1. The highest BCUT2D eigenvalue weighted by molar-refractivity contribution is 6.07. The molecule has 2 aromatic carbocycles. The van der Waals surface area contributed by atoms with Crippen LogP contribution in [-0.4, -0.2) is 30.6 Å². The number of rotatable bonds is 7. The zero-order valence-electron chi connectivity index (χ0n) is 14.4. The highest BCUT2D eigenvalue weighted by atomic mass is 16.5. The molecule has 0 aliphatic rings. The van der Waals surface area contributed by atoms with E-state index in [-0.39, 0.29) is 11.5 Å². The number of carboxylic acids is 1. The molecule has 130 valence electrons. The molecule has 0 radical (unpaired) electrons. The van der Waals surface area contributed by atoms with Gasteiger partial charge in [0, 0.05) is 5.56 Å². The lowest BCUT2D eigenvalue weighted by Gasteiger charge is -2.10. The van der Waals surface area contributed by atoms with Crippen molar-refractivity contribution in [1.82, 2.24) is 0 Å². The second-order valence-electron chi connectivity index (χ2n) is 5.61. The van der Waals surface area contributed by atoms with Gasteiger partial charge in [-0.1, -0.05) is 29.8 Å². The van der Waals surface area contributed by atoms with E-state index in [1.807, 2.05) is 32.0 Å². The number of benzene rings is 2. The Morgan fingerprint density at radius 1 is 1.08 bits per heavy atom. The molecule has 0 amide bonds. The highest BCUT2D eigenvalue weighted by Gasteiger charge is 2.11. The normalized spacial score (nSPS) is 10.7. The third-order valence-corrected chi connectivity index (χ3v) is 3.65. The maximum atomic E-state index is 12.4. The third kappa shape index (κ3) is 4.94. The zero-order valence-corrected chi connectivity index (χ0v) is 14.4. The Balaban J connectivity index is 2.20. The van der Waals surface area contributed by atoms with E-state index in [1.165, 1.54) is 25.3 Å². The number of allylic oxidation sites excluding steroid dienone is 1. The quantitative estimate of drug-likeness (QED) is 0.615. The Labute approximate surface area is 146 Å². The molecule has 0 spiro atoms. The largest absolute Gasteiger partial charge is 0.493 e. The number of ketones is 1. The monoisotopic (exact) mass is 340 g/mol. The fourth-order valence-corrected chi connectivity index (χ4v) is 2.28. The second kappa shape index (κ2) is 8.15. The van der Waals surface area contributed by atoms with Crippen molar-refractivity contribution in [2.24, 2.45) is 0 Å². The molecule has 2 aromatic rings. The van der Waals surface area contributed by atoms with Crippen molar-refractivity contribution in [2.75, 3.05) is 13.7 Å². The van der Waals surface area contributed by atoms with Gasteiger partial charge in [-0.15, -0.1) is 0 Å². The molecular formula is C20H20O5. The fourth-order valence-electron chi connectivity index (χ4n) is 2.28. The van der Waals surface area contributed by atoms with Gasteiger partial charge in [-0.25, -0.2) is 4.79 Å². The molecule has 0 aliphatic carbocycles. The van der Waals surface area contributed by atoms with Crippen molar-refractivity contribution in [3.63, 3.8) is 0 Å². The van der Waals surface area contributed by atoms with Crippen LogP contribution in [0.25, 0.3) is 6.08 Å². The van der Waals surface area contributed by atoms with Crippen molar-refractivity contribution in [3.8, 4) is 11.5 Å². The van der Waals surface area contributed by atoms with Crippen molar-refractivity contribution < 1.29 is 24.2 Å². The summed E-state index contributed by atoms with van der Waals surface area (Å²) in [5.74, 6) is -0.671. The molecule has 0 saturated carbocycles. The van der Waals surface area contributed by atoms with E-state index in [1.54, 1.807) is 12.1 Å². The number of ether oxygens (including phenoxy) is 2. The molecule has 0 bridgehead atoms. The third-order valence-electron chi connectivity index (χ3n) is 3.65. The predicted molar refractivity (Wildman–Crippen MR) is 95.4 cm³/mol. The van der Waals surface area contributed by atoms with Gasteiger partial charge in [0.1, 0.15) is 0 Å². The molecule has 0 fully saturated rings. The van der Waals surface area contributed by atoms with Gasteiger partial charge >= 0.3 is 5.97 Å². The summed E-state index contributed by atoms with van der Waals surface area (Å²) >= 11 is 0. The van der Waals surface area contributed by atoms with E-state index in [0.717, 1.165) is 16.7 Å². The summed E-state index contributed by atoms with van der Waals surface area (Å²) in [6.45, 7) is 3.51. The number of hydrogen-bond acceptors (Lipinski definition) is 4. The minimum absolute atomic E-state index is 0.177. The molecule has 25 heavy (non-hydrogen) atoms. The van der Waals surface area contributed by atoms with Gasteiger partial charge in [0.25, 0.3) is 0 Å². The van der Waals surface area contributed by atoms with E-state index in [0.29, 0.717) is 11.3 Å².